The quantitative estimate of drug-likeness (QED) is 0.655. The van der Waals surface area contributed by atoms with Crippen LogP contribution in [0, 0.1) is 12.7 Å². The van der Waals surface area contributed by atoms with Gasteiger partial charge in [-0.2, -0.15) is 0 Å². The van der Waals surface area contributed by atoms with Gasteiger partial charge in [0.1, 0.15) is 17.2 Å². The average molecular weight is 324 g/mol. The molecule has 0 saturated heterocycles. The van der Waals surface area contributed by atoms with Crippen molar-refractivity contribution in [2.24, 2.45) is 5.73 Å². The van der Waals surface area contributed by atoms with E-state index in [4.69, 9.17) is 33.4 Å². The second kappa shape index (κ2) is 5.34. The molecule has 0 spiro atoms. The largest absolute Gasteiger partial charge is 0.459 e. The Kier molecular flexibility index (Phi) is 3.66. The first-order valence-electron chi connectivity index (χ1n) is 6.37. The van der Waals surface area contributed by atoms with Crippen molar-refractivity contribution in [2.75, 3.05) is 0 Å². The summed E-state index contributed by atoms with van der Waals surface area (Å²) in [5, 5.41) is 1.26. The van der Waals surface area contributed by atoms with Crippen molar-refractivity contribution in [3.05, 3.63) is 69.1 Å². The van der Waals surface area contributed by atoms with Gasteiger partial charge >= 0.3 is 0 Å². The molecule has 2 aromatic carbocycles. The summed E-state index contributed by atoms with van der Waals surface area (Å²) < 4.78 is 19.5. The molecule has 0 saturated carbocycles. The predicted molar refractivity (Wildman–Crippen MR) is 83.4 cm³/mol. The summed E-state index contributed by atoms with van der Waals surface area (Å²) >= 11 is 11.8. The van der Waals surface area contributed by atoms with Gasteiger partial charge in [-0.1, -0.05) is 41.4 Å². The third kappa shape index (κ3) is 2.42. The Morgan fingerprint density at radius 3 is 2.57 bits per heavy atom. The lowest BCUT2D eigenvalue weighted by atomic mass is 10.0. The number of aryl methyl sites for hydroxylation is 1. The fourth-order valence-corrected chi connectivity index (χ4v) is 2.91. The molecule has 0 fully saturated rings. The van der Waals surface area contributed by atoms with Crippen LogP contribution in [0.5, 0.6) is 0 Å². The zero-order valence-electron chi connectivity index (χ0n) is 11.2. The molecule has 21 heavy (non-hydrogen) atoms. The molecule has 3 aromatic rings. The van der Waals surface area contributed by atoms with Gasteiger partial charge in [0, 0.05) is 16.0 Å². The summed E-state index contributed by atoms with van der Waals surface area (Å²) in [6, 6.07) is 9.58. The first kappa shape index (κ1) is 14.4. The highest BCUT2D eigenvalue weighted by molar-refractivity contribution is 6.35. The molecule has 2 nitrogen and oxygen atoms in total. The van der Waals surface area contributed by atoms with Gasteiger partial charge in [0.15, 0.2) is 0 Å². The van der Waals surface area contributed by atoms with E-state index in [1.54, 1.807) is 0 Å². The van der Waals surface area contributed by atoms with Crippen molar-refractivity contribution in [1.82, 2.24) is 0 Å². The highest BCUT2D eigenvalue weighted by Crippen LogP contribution is 2.35. The summed E-state index contributed by atoms with van der Waals surface area (Å²) in [6.07, 6.45) is 0. The number of hydrogen-bond donors (Lipinski definition) is 1. The fourth-order valence-electron chi connectivity index (χ4n) is 2.41. The van der Waals surface area contributed by atoms with Gasteiger partial charge in [0.05, 0.1) is 11.1 Å². The Morgan fingerprint density at radius 1 is 1.14 bits per heavy atom. The zero-order chi connectivity index (χ0) is 15.1. The van der Waals surface area contributed by atoms with E-state index in [9.17, 15) is 4.39 Å². The minimum Gasteiger partial charge on any atom is -0.459 e. The van der Waals surface area contributed by atoms with Crippen LogP contribution in [0.2, 0.25) is 10.0 Å². The number of benzene rings is 2. The number of halogens is 3. The van der Waals surface area contributed by atoms with Gasteiger partial charge in [-0.05, 0) is 30.7 Å². The molecule has 0 amide bonds. The number of nitrogens with two attached hydrogens (primary N) is 1. The lowest BCUT2D eigenvalue weighted by Crippen LogP contribution is -2.13. The van der Waals surface area contributed by atoms with Crippen molar-refractivity contribution in [3.8, 4) is 0 Å². The molecule has 2 N–H and O–H groups in total. The van der Waals surface area contributed by atoms with Crippen LogP contribution < -0.4 is 5.73 Å². The van der Waals surface area contributed by atoms with Crippen LogP contribution in [-0.4, -0.2) is 0 Å². The molecular weight excluding hydrogens is 312 g/mol. The molecule has 1 atom stereocenters. The molecule has 1 unspecified atom stereocenters. The molecule has 0 bridgehead atoms. The van der Waals surface area contributed by atoms with Crippen LogP contribution >= 0.6 is 23.2 Å². The van der Waals surface area contributed by atoms with E-state index in [0.29, 0.717) is 16.3 Å². The highest BCUT2D eigenvalue weighted by atomic mass is 35.5. The Morgan fingerprint density at radius 2 is 1.86 bits per heavy atom. The van der Waals surface area contributed by atoms with Gasteiger partial charge in [-0.3, -0.25) is 0 Å². The summed E-state index contributed by atoms with van der Waals surface area (Å²) in [6.45, 7) is 1.92. The number of para-hydroxylation sites is 1. The molecule has 0 radical (unpaired) electrons. The summed E-state index contributed by atoms with van der Waals surface area (Å²) in [4.78, 5) is 0. The first-order valence-corrected chi connectivity index (χ1v) is 7.12. The van der Waals surface area contributed by atoms with Crippen molar-refractivity contribution < 1.29 is 8.81 Å². The topological polar surface area (TPSA) is 39.2 Å². The zero-order valence-corrected chi connectivity index (χ0v) is 12.7. The molecular formula is C16H12Cl2FNO. The van der Waals surface area contributed by atoms with Crippen LogP contribution in [-0.2, 0) is 0 Å². The standard InChI is InChI=1S/C16H12Cl2FNO/c1-8-9-4-2-3-5-14(9)21-16(8)15(20)10-6-13(19)12(18)7-11(10)17/h2-7,15H,20H2,1H3. The van der Waals surface area contributed by atoms with Gasteiger partial charge < -0.3 is 10.2 Å². The number of rotatable bonds is 2. The molecule has 3 rings (SSSR count). The lowest BCUT2D eigenvalue weighted by molar-refractivity contribution is 0.519. The van der Waals surface area contributed by atoms with Crippen molar-refractivity contribution in [2.45, 2.75) is 13.0 Å². The molecule has 1 aromatic heterocycles. The minimum atomic E-state index is -0.656. The van der Waals surface area contributed by atoms with E-state index in [0.717, 1.165) is 16.5 Å². The van der Waals surface area contributed by atoms with E-state index in [-0.39, 0.29) is 5.02 Å². The summed E-state index contributed by atoms with van der Waals surface area (Å²) in [5.74, 6) is 0.0140. The monoisotopic (exact) mass is 323 g/mol. The maximum atomic E-state index is 13.7. The van der Waals surface area contributed by atoms with Crippen molar-refractivity contribution in [1.29, 1.82) is 0 Å². The van der Waals surface area contributed by atoms with E-state index < -0.39 is 11.9 Å². The Hall–Kier alpha value is -1.55. The van der Waals surface area contributed by atoms with E-state index in [2.05, 4.69) is 0 Å². The van der Waals surface area contributed by atoms with Crippen LogP contribution in [0.25, 0.3) is 11.0 Å². The maximum Gasteiger partial charge on any atom is 0.142 e. The van der Waals surface area contributed by atoms with Crippen LogP contribution in [0.3, 0.4) is 0 Å². The van der Waals surface area contributed by atoms with Gasteiger partial charge in [0.2, 0.25) is 0 Å². The van der Waals surface area contributed by atoms with Gasteiger partial charge in [-0.15, -0.1) is 0 Å². The van der Waals surface area contributed by atoms with Crippen molar-refractivity contribution in [3.63, 3.8) is 0 Å². The van der Waals surface area contributed by atoms with E-state index in [1.807, 2.05) is 31.2 Å². The fraction of sp³-hybridized carbons (Fsp3) is 0.125. The molecule has 108 valence electrons. The molecule has 0 aliphatic rings. The SMILES string of the molecule is Cc1c(C(N)c2cc(F)c(Cl)cc2Cl)oc2ccccc12. The normalized spacial score (nSPS) is 12.8. The lowest BCUT2D eigenvalue weighted by Gasteiger charge is -2.13. The van der Waals surface area contributed by atoms with Crippen molar-refractivity contribution >= 4 is 34.2 Å². The third-order valence-corrected chi connectivity index (χ3v) is 4.15. The second-order valence-corrected chi connectivity index (χ2v) is 5.67. The number of furan rings is 1. The summed E-state index contributed by atoms with van der Waals surface area (Å²) in [7, 11) is 0. The second-order valence-electron chi connectivity index (χ2n) is 4.85. The van der Waals surface area contributed by atoms with Crippen LogP contribution in [0.1, 0.15) is 22.9 Å². The maximum absolute atomic E-state index is 13.7. The predicted octanol–water partition coefficient (Wildman–Crippen LogP) is 5.24. The highest BCUT2D eigenvalue weighted by Gasteiger charge is 2.22. The van der Waals surface area contributed by atoms with Gasteiger partial charge in [0.25, 0.3) is 0 Å². The molecule has 5 heteroatoms. The molecule has 0 aliphatic carbocycles. The average Bonchev–Trinajstić information content (AvgIpc) is 2.80. The number of hydrogen-bond acceptors (Lipinski definition) is 2. The first-order chi connectivity index (χ1) is 9.99. The smallest absolute Gasteiger partial charge is 0.142 e. The molecule has 0 aliphatic heterocycles. The van der Waals surface area contributed by atoms with E-state index in [1.165, 1.54) is 12.1 Å². The Labute approximate surface area is 131 Å². The van der Waals surface area contributed by atoms with E-state index >= 15 is 0 Å². The summed E-state index contributed by atoms with van der Waals surface area (Å²) in [5.41, 5.74) is 8.32. The number of fused-ring (bicyclic) bond motifs is 1. The van der Waals surface area contributed by atoms with Crippen LogP contribution in [0.15, 0.2) is 40.8 Å². The van der Waals surface area contributed by atoms with Crippen LogP contribution in [0.4, 0.5) is 4.39 Å². The van der Waals surface area contributed by atoms with Gasteiger partial charge in [-0.25, -0.2) is 4.39 Å². The Bertz CT molecular complexity index is 829. The minimum absolute atomic E-state index is 0.0303. The third-order valence-electron chi connectivity index (χ3n) is 3.54. The Balaban J connectivity index is 2.14. The molecule has 1 heterocycles.